The molecule has 5 nitrogen and oxygen atoms in total. The first-order chi connectivity index (χ1) is 8.06. The first-order valence-corrected chi connectivity index (χ1v) is 5.83. The maximum absolute atomic E-state index is 10.9. The summed E-state index contributed by atoms with van der Waals surface area (Å²) in [6.45, 7) is 3.82. The fourth-order valence-corrected chi connectivity index (χ4v) is 2.21. The van der Waals surface area contributed by atoms with Crippen molar-refractivity contribution in [2.24, 2.45) is 0 Å². The van der Waals surface area contributed by atoms with Gasteiger partial charge in [-0.05, 0) is 46.0 Å². The van der Waals surface area contributed by atoms with Crippen LogP contribution in [0.1, 0.15) is 40.8 Å². The molecule has 0 amide bonds. The van der Waals surface area contributed by atoms with Crippen LogP contribution in [0.4, 0.5) is 0 Å². The van der Waals surface area contributed by atoms with Gasteiger partial charge in [-0.25, -0.2) is 14.8 Å². The van der Waals surface area contributed by atoms with E-state index < -0.39 is 5.97 Å². The minimum atomic E-state index is -0.982. The minimum Gasteiger partial charge on any atom is -0.477 e. The van der Waals surface area contributed by atoms with E-state index in [2.05, 4.69) is 21.9 Å². The number of hydrogen-bond donors (Lipinski definition) is 1. The van der Waals surface area contributed by atoms with Gasteiger partial charge in [-0.15, -0.1) is 0 Å². The molecule has 0 saturated carbocycles. The van der Waals surface area contributed by atoms with E-state index in [1.807, 2.05) is 0 Å². The number of rotatable bonds is 2. The molecule has 1 aliphatic rings. The Morgan fingerprint density at radius 3 is 2.65 bits per heavy atom. The molecular formula is C12H17N3O2. The summed E-state index contributed by atoms with van der Waals surface area (Å²) in [5.41, 5.74) is 0.981. The van der Waals surface area contributed by atoms with Crippen molar-refractivity contribution in [1.82, 2.24) is 14.9 Å². The smallest absolute Gasteiger partial charge is 0.354 e. The third-order valence-electron chi connectivity index (χ3n) is 3.21. The zero-order valence-corrected chi connectivity index (χ0v) is 10.2. The lowest BCUT2D eigenvalue weighted by molar-refractivity contribution is 0.0689. The van der Waals surface area contributed by atoms with Gasteiger partial charge in [0, 0.05) is 11.6 Å². The first-order valence-electron chi connectivity index (χ1n) is 5.83. The SMILES string of the molecule is Cc1nc(C(=O)O)cc(C2CCN(C)CC2)n1. The second-order valence-electron chi connectivity index (χ2n) is 4.61. The number of aromatic carboxylic acids is 1. The van der Waals surface area contributed by atoms with Crippen molar-refractivity contribution in [3.8, 4) is 0 Å². The monoisotopic (exact) mass is 235 g/mol. The van der Waals surface area contributed by atoms with Crippen LogP contribution in [0.2, 0.25) is 0 Å². The molecule has 0 bridgehead atoms. The summed E-state index contributed by atoms with van der Waals surface area (Å²) in [5, 5.41) is 8.98. The van der Waals surface area contributed by atoms with Crippen molar-refractivity contribution in [2.75, 3.05) is 20.1 Å². The summed E-state index contributed by atoms with van der Waals surface area (Å²) in [4.78, 5) is 21.5. The number of hydrogen-bond acceptors (Lipinski definition) is 4. The zero-order chi connectivity index (χ0) is 12.4. The van der Waals surface area contributed by atoms with Crippen molar-refractivity contribution in [3.63, 3.8) is 0 Å². The van der Waals surface area contributed by atoms with E-state index in [1.54, 1.807) is 13.0 Å². The average molecular weight is 235 g/mol. The number of likely N-dealkylation sites (tertiary alicyclic amines) is 1. The molecule has 1 N–H and O–H groups in total. The molecule has 0 spiro atoms. The average Bonchev–Trinajstić information content (AvgIpc) is 2.29. The van der Waals surface area contributed by atoms with Crippen LogP contribution in [0.15, 0.2) is 6.07 Å². The molecule has 0 atom stereocenters. The van der Waals surface area contributed by atoms with Gasteiger partial charge in [0.15, 0.2) is 5.69 Å². The van der Waals surface area contributed by atoms with Gasteiger partial charge < -0.3 is 10.0 Å². The van der Waals surface area contributed by atoms with Crippen molar-refractivity contribution in [3.05, 3.63) is 23.3 Å². The maximum atomic E-state index is 10.9. The number of carboxylic acids is 1. The number of aromatic nitrogens is 2. The van der Waals surface area contributed by atoms with Gasteiger partial charge in [-0.1, -0.05) is 0 Å². The summed E-state index contributed by atoms with van der Waals surface area (Å²) in [5.74, 6) is -0.0745. The normalized spacial score (nSPS) is 18.2. The van der Waals surface area contributed by atoms with Crippen LogP contribution >= 0.6 is 0 Å². The number of nitrogens with zero attached hydrogens (tertiary/aromatic N) is 3. The molecule has 1 aliphatic heterocycles. The molecule has 0 aliphatic carbocycles. The second-order valence-corrected chi connectivity index (χ2v) is 4.61. The lowest BCUT2D eigenvalue weighted by Gasteiger charge is -2.28. The molecule has 2 heterocycles. The third kappa shape index (κ3) is 2.79. The van der Waals surface area contributed by atoms with Gasteiger partial charge in [0.05, 0.1) is 0 Å². The number of piperidine rings is 1. The molecular weight excluding hydrogens is 218 g/mol. The topological polar surface area (TPSA) is 66.3 Å². The molecule has 5 heteroatoms. The van der Waals surface area contributed by atoms with Crippen LogP contribution in [0.5, 0.6) is 0 Å². The standard InChI is InChI=1S/C12H17N3O2/c1-8-13-10(7-11(14-8)12(16)17)9-3-5-15(2)6-4-9/h7,9H,3-6H2,1-2H3,(H,16,17). The first kappa shape index (κ1) is 12.0. The highest BCUT2D eigenvalue weighted by molar-refractivity contribution is 5.85. The van der Waals surface area contributed by atoms with Crippen molar-refractivity contribution in [1.29, 1.82) is 0 Å². The fraction of sp³-hybridized carbons (Fsp3) is 0.583. The van der Waals surface area contributed by atoms with Crippen LogP contribution in [-0.2, 0) is 0 Å². The van der Waals surface area contributed by atoms with E-state index >= 15 is 0 Å². The van der Waals surface area contributed by atoms with Crippen molar-refractivity contribution < 1.29 is 9.90 Å². The Morgan fingerprint density at radius 1 is 1.41 bits per heavy atom. The Labute approximate surface area is 100 Å². The molecule has 17 heavy (non-hydrogen) atoms. The predicted molar refractivity (Wildman–Crippen MR) is 63.2 cm³/mol. The highest BCUT2D eigenvalue weighted by Crippen LogP contribution is 2.26. The molecule has 1 fully saturated rings. The Bertz CT molecular complexity index is 426. The Hall–Kier alpha value is -1.49. The maximum Gasteiger partial charge on any atom is 0.354 e. The number of carbonyl (C=O) groups is 1. The van der Waals surface area contributed by atoms with Gasteiger partial charge in [-0.2, -0.15) is 0 Å². The summed E-state index contributed by atoms with van der Waals surface area (Å²) in [6, 6.07) is 1.62. The van der Waals surface area contributed by atoms with Crippen molar-refractivity contribution in [2.45, 2.75) is 25.7 Å². The molecule has 1 aromatic rings. The van der Waals surface area contributed by atoms with Crippen molar-refractivity contribution >= 4 is 5.97 Å². The molecule has 2 rings (SSSR count). The number of carboxylic acid groups (broad SMARTS) is 1. The largest absolute Gasteiger partial charge is 0.477 e. The molecule has 1 aromatic heterocycles. The van der Waals surface area contributed by atoms with Gasteiger partial charge in [0.1, 0.15) is 5.82 Å². The summed E-state index contributed by atoms with van der Waals surface area (Å²) in [6.07, 6.45) is 2.07. The summed E-state index contributed by atoms with van der Waals surface area (Å²) >= 11 is 0. The highest BCUT2D eigenvalue weighted by atomic mass is 16.4. The van der Waals surface area contributed by atoms with E-state index in [-0.39, 0.29) is 5.69 Å². The van der Waals surface area contributed by atoms with Crippen LogP contribution < -0.4 is 0 Å². The van der Waals surface area contributed by atoms with E-state index in [4.69, 9.17) is 5.11 Å². The Morgan fingerprint density at radius 2 is 2.06 bits per heavy atom. The number of aryl methyl sites for hydroxylation is 1. The fourth-order valence-electron chi connectivity index (χ4n) is 2.21. The lowest BCUT2D eigenvalue weighted by atomic mass is 9.93. The van der Waals surface area contributed by atoms with E-state index in [1.165, 1.54) is 0 Å². The van der Waals surface area contributed by atoms with Gasteiger partial charge in [-0.3, -0.25) is 0 Å². The lowest BCUT2D eigenvalue weighted by Crippen LogP contribution is -2.29. The Balaban J connectivity index is 2.23. The second kappa shape index (κ2) is 4.79. The Kier molecular flexibility index (Phi) is 3.38. The summed E-state index contributed by atoms with van der Waals surface area (Å²) in [7, 11) is 2.10. The highest BCUT2D eigenvalue weighted by Gasteiger charge is 2.21. The van der Waals surface area contributed by atoms with Crippen LogP contribution in [0.3, 0.4) is 0 Å². The molecule has 1 saturated heterocycles. The van der Waals surface area contributed by atoms with Crippen LogP contribution in [0.25, 0.3) is 0 Å². The van der Waals surface area contributed by atoms with Crippen LogP contribution in [0, 0.1) is 6.92 Å². The van der Waals surface area contributed by atoms with E-state index in [0.717, 1.165) is 31.6 Å². The minimum absolute atomic E-state index is 0.103. The zero-order valence-electron chi connectivity index (χ0n) is 10.2. The quantitative estimate of drug-likeness (QED) is 0.836. The molecule has 0 unspecified atom stereocenters. The molecule has 92 valence electrons. The molecule has 0 aromatic carbocycles. The van der Waals surface area contributed by atoms with Crippen LogP contribution in [-0.4, -0.2) is 46.1 Å². The molecule has 0 radical (unpaired) electrons. The van der Waals surface area contributed by atoms with E-state index in [9.17, 15) is 4.79 Å². The van der Waals surface area contributed by atoms with Gasteiger partial charge >= 0.3 is 5.97 Å². The van der Waals surface area contributed by atoms with Gasteiger partial charge in [0.2, 0.25) is 0 Å². The third-order valence-corrected chi connectivity index (χ3v) is 3.21. The summed E-state index contributed by atoms with van der Waals surface area (Å²) < 4.78 is 0. The predicted octanol–water partition coefficient (Wildman–Crippen LogP) is 1.29. The van der Waals surface area contributed by atoms with E-state index in [0.29, 0.717) is 11.7 Å². The van der Waals surface area contributed by atoms with Gasteiger partial charge in [0.25, 0.3) is 0 Å².